The highest BCUT2D eigenvalue weighted by Crippen LogP contribution is 2.09. The van der Waals surface area contributed by atoms with Crippen LogP contribution in [-0.2, 0) is 4.74 Å². The van der Waals surface area contributed by atoms with Crippen molar-refractivity contribution in [3.05, 3.63) is 11.8 Å². The molecule has 0 amide bonds. The van der Waals surface area contributed by atoms with Gasteiger partial charge >= 0.3 is 0 Å². The molecule has 0 bridgehead atoms. The molecule has 0 aliphatic carbocycles. The number of nitrogens with one attached hydrogen (secondary N) is 2. The minimum atomic E-state index is 0.0765. The second-order valence-corrected chi connectivity index (χ2v) is 3.48. The van der Waals surface area contributed by atoms with Crippen LogP contribution in [0, 0.1) is 5.41 Å². The first-order chi connectivity index (χ1) is 6.63. The van der Waals surface area contributed by atoms with Crippen molar-refractivity contribution in [3.63, 3.8) is 0 Å². The van der Waals surface area contributed by atoms with Gasteiger partial charge in [-0.15, -0.1) is 0 Å². The van der Waals surface area contributed by atoms with Gasteiger partial charge in [-0.25, -0.2) is 0 Å². The lowest BCUT2D eigenvalue weighted by Gasteiger charge is -2.34. The van der Waals surface area contributed by atoms with Gasteiger partial charge in [-0.2, -0.15) is 0 Å². The molecule has 1 rings (SSSR count). The van der Waals surface area contributed by atoms with Crippen LogP contribution < -0.4 is 11.1 Å². The fourth-order valence-electron chi connectivity index (χ4n) is 1.26. The molecule has 1 aliphatic rings. The maximum atomic E-state index is 7.16. The topological polar surface area (TPSA) is 74.4 Å². The average molecular weight is 198 g/mol. The van der Waals surface area contributed by atoms with E-state index in [0.29, 0.717) is 6.04 Å². The van der Waals surface area contributed by atoms with Gasteiger partial charge in [0.2, 0.25) is 0 Å². The molecule has 0 spiro atoms. The number of rotatable bonds is 5. The van der Waals surface area contributed by atoms with Gasteiger partial charge in [-0.05, 0) is 13.1 Å². The Kier molecular flexibility index (Phi) is 3.91. The van der Waals surface area contributed by atoms with Gasteiger partial charge in [0, 0.05) is 19.3 Å². The summed E-state index contributed by atoms with van der Waals surface area (Å²) in [4.78, 5) is 2.19. The minimum absolute atomic E-state index is 0.0765. The molecule has 0 aromatic rings. The van der Waals surface area contributed by atoms with E-state index in [0.717, 1.165) is 25.5 Å². The zero-order valence-corrected chi connectivity index (χ0v) is 8.71. The number of amidine groups is 1. The van der Waals surface area contributed by atoms with Crippen LogP contribution in [0.15, 0.2) is 11.8 Å². The van der Waals surface area contributed by atoms with Gasteiger partial charge in [0.15, 0.2) is 0 Å². The summed E-state index contributed by atoms with van der Waals surface area (Å²) in [6.07, 6.45) is 1.63. The maximum absolute atomic E-state index is 7.16. The zero-order chi connectivity index (χ0) is 10.6. The number of likely N-dealkylation sites (N-methyl/N-ethyl adjacent to an activating group) is 2. The predicted octanol–water partition coefficient (Wildman–Crippen LogP) is -0.644. The predicted molar refractivity (Wildman–Crippen MR) is 56.3 cm³/mol. The zero-order valence-electron chi connectivity index (χ0n) is 8.71. The molecule has 1 heterocycles. The van der Waals surface area contributed by atoms with E-state index < -0.39 is 0 Å². The van der Waals surface area contributed by atoms with E-state index in [2.05, 4.69) is 10.2 Å². The highest BCUT2D eigenvalue weighted by atomic mass is 16.5. The Morgan fingerprint density at radius 1 is 1.71 bits per heavy atom. The SMILES string of the molecule is CN/C(=C\C(=N)N)CN(C)C1COC1. The summed E-state index contributed by atoms with van der Waals surface area (Å²) in [5, 5.41) is 10.2. The highest BCUT2D eigenvalue weighted by molar-refractivity contribution is 5.89. The molecule has 14 heavy (non-hydrogen) atoms. The van der Waals surface area contributed by atoms with Gasteiger partial charge in [0.1, 0.15) is 5.84 Å². The van der Waals surface area contributed by atoms with Gasteiger partial charge in [-0.3, -0.25) is 10.3 Å². The second-order valence-electron chi connectivity index (χ2n) is 3.48. The molecule has 0 unspecified atom stereocenters. The van der Waals surface area contributed by atoms with E-state index in [1.165, 1.54) is 0 Å². The van der Waals surface area contributed by atoms with Crippen molar-refractivity contribution >= 4 is 5.84 Å². The molecule has 0 radical (unpaired) electrons. The third-order valence-corrected chi connectivity index (χ3v) is 2.31. The van der Waals surface area contributed by atoms with Crippen LogP contribution in [0.3, 0.4) is 0 Å². The van der Waals surface area contributed by atoms with Crippen LogP contribution in [0.1, 0.15) is 0 Å². The Balaban J connectivity index is 2.42. The smallest absolute Gasteiger partial charge is 0.117 e. The normalized spacial score (nSPS) is 18.1. The maximum Gasteiger partial charge on any atom is 0.117 e. The van der Waals surface area contributed by atoms with Crippen molar-refractivity contribution in [1.29, 1.82) is 5.41 Å². The van der Waals surface area contributed by atoms with Crippen LogP contribution in [0.4, 0.5) is 0 Å². The van der Waals surface area contributed by atoms with Crippen LogP contribution in [0.25, 0.3) is 0 Å². The first-order valence-electron chi connectivity index (χ1n) is 4.64. The Morgan fingerprint density at radius 3 is 2.71 bits per heavy atom. The third-order valence-electron chi connectivity index (χ3n) is 2.31. The van der Waals surface area contributed by atoms with Gasteiger partial charge in [-0.1, -0.05) is 0 Å². The number of nitrogens with zero attached hydrogens (tertiary/aromatic N) is 1. The fraction of sp³-hybridized carbons (Fsp3) is 0.667. The van der Waals surface area contributed by atoms with Crippen molar-refractivity contribution in [3.8, 4) is 0 Å². The van der Waals surface area contributed by atoms with Crippen LogP contribution >= 0.6 is 0 Å². The van der Waals surface area contributed by atoms with Gasteiger partial charge < -0.3 is 15.8 Å². The Morgan fingerprint density at radius 2 is 2.36 bits per heavy atom. The number of hydrogen-bond donors (Lipinski definition) is 3. The lowest BCUT2D eigenvalue weighted by Crippen LogP contribution is -2.48. The number of hydrogen-bond acceptors (Lipinski definition) is 4. The molecule has 0 aromatic carbocycles. The van der Waals surface area contributed by atoms with E-state index in [-0.39, 0.29) is 5.84 Å². The van der Waals surface area contributed by atoms with Crippen LogP contribution in [0.5, 0.6) is 0 Å². The molecule has 0 saturated carbocycles. The van der Waals surface area contributed by atoms with Crippen molar-refractivity contribution in [1.82, 2.24) is 10.2 Å². The average Bonchev–Trinajstić information content (AvgIpc) is 1.98. The summed E-state index contributed by atoms with van der Waals surface area (Å²) in [5.74, 6) is 0.0765. The summed E-state index contributed by atoms with van der Waals surface area (Å²) >= 11 is 0. The molecule has 4 N–H and O–H groups in total. The van der Waals surface area contributed by atoms with E-state index in [9.17, 15) is 0 Å². The van der Waals surface area contributed by atoms with Crippen molar-refractivity contribution in [2.24, 2.45) is 5.73 Å². The van der Waals surface area contributed by atoms with Crippen LogP contribution in [0.2, 0.25) is 0 Å². The molecule has 5 nitrogen and oxygen atoms in total. The van der Waals surface area contributed by atoms with Crippen molar-refractivity contribution in [2.45, 2.75) is 6.04 Å². The molecule has 1 saturated heterocycles. The largest absolute Gasteiger partial charge is 0.390 e. The quantitative estimate of drug-likeness (QED) is 0.405. The fourth-order valence-corrected chi connectivity index (χ4v) is 1.26. The van der Waals surface area contributed by atoms with E-state index in [1.807, 2.05) is 14.1 Å². The first kappa shape index (κ1) is 11.0. The van der Waals surface area contributed by atoms with Crippen molar-refractivity contribution < 1.29 is 4.74 Å². The molecule has 80 valence electrons. The number of ether oxygens (including phenoxy) is 1. The standard InChI is InChI=1S/C9H18N4O/c1-12-7(3-9(10)11)4-13(2)8-5-14-6-8/h3,8,12H,4-6H2,1-2H3,(H3,10,11)/b7-3-. The Labute approximate surface area is 84.4 Å². The molecule has 1 aliphatic heterocycles. The van der Waals surface area contributed by atoms with E-state index in [4.69, 9.17) is 15.9 Å². The summed E-state index contributed by atoms with van der Waals surface area (Å²) in [6, 6.07) is 0.499. The lowest BCUT2D eigenvalue weighted by molar-refractivity contribution is -0.0534. The lowest BCUT2D eigenvalue weighted by atomic mass is 10.2. The van der Waals surface area contributed by atoms with Gasteiger partial charge in [0.05, 0.1) is 19.3 Å². The highest BCUT2D eigenvalue weighted by Gasteiger charge is 2.23. The summed E-state index contributed by atoms with van der Waals surface area (Å²) in [6.45, 7) is 2.37. The minimum Gasteiger partial charge on any atom is -0.390 e. The van der Waals surface area contributed by atoms with E-state index >= 15 is 0 Å². The van der Waals surface area contributed by atoms with Crippen molar-refractivity contribution in [2.75, 3.05) is 33.9 Å². The molecular weight excluding hydrogens is 180 g/mol. The molecule has 1 fully saturated rings. The Hall–Kier alpha value is -1.07. The Bertz CT molecular complexity index is 235. The summed E-state index contributed by atoms with van der Waals surface area (Å²) in [7, 11) is 3.87. The third kappa shape index (κ3) is 3.01. The second kappa shape index (κ2) is 4.97. The molecule has 0 aromatic heterocycles. The molecule has 0 atom stereocenters. The molecular formula is C9H18N4O. The monoisotopic (exact) mass is 198 g/mol. The number of nitrogens with two attached hydrogens (primary N) is 1. The van der Waals surface area contributed by atoms with Crippen LogP contribution in [-0.4, -0.2) is 50.6 Å². The summed E-state index contributed by atoms with van der Waals surface area (Å²) < 4.78 is 5.10. The first-order valence-corrected chi connectivity index (χ1v) is 4.64. The molecule has 5 heteroatoms. The van der Waals surface area contributed by atoms with E-state index in [1.54, 1.807) is 6.08 Å². The van der Waals surface area contributed by atoms with Gasteiger partial charge in [0.25, 0.3) is 0 Å². The summed E-state index contributed by atoms with van der Waals surface area (Å²) in [5.41, 5.74) is 6.24.